The van der Waals surface area contributed by atoms with Gasteiger partial charge in [-0.15, -0.1) is 0 Å². The average Bonchev–Trinajstić information content (AvgIpc) is 2.36. The van der Waals surface area contributed by atoms with Crippen molar-refractivity contribution in [2.45, 2.75) is 18.9 Å². The number of nitriles is 1. The molecular weight excluding hydrogens is 204 g/mol. The van der Waals surface area contributed by atoms with E-state index in [1.807, 2.05) is 6.07 Å². The molecule has 1 amide bonds. The molecule has 4 nitrogen and oxygen atoms in total. The fourth-order valence-electron chi connectivity index (χ4n) is 1.80. The topological polar surface area (TPSA) is 62.1 Å². The lowest BCUT2D eigenvalue weighted by molar-refractivity contribution is -0.128. The summed E-state index contributed by atoms with van der Waals surface area (Å²) in [5, 5.41) is 11.3. The van der Waals surface area contributed by atoms with Crippen LogP contribution in [-0.2, 0) is 11.2 Å². The minimum Gasteiger partial charge on any atom is -0.480 e. The van der Waals surface area contributed by atoms with E-state index in [1.165, 1.54) is 0 Å². The van der Waals surface area contributed by atoms with Gasteiger partial charge < -0.3 is 10.1 Å². The Labute approximate surface area is 93.8 Å². The van der Waals surface area contributed by atoms with Crippen molar-refractivity contribution in [3.8, 4) is 11.8 Å². The van der Waals surface area contributed by atoms with Gasteiger partial charge >= 0.3 is 0 Å². The van der Waals surface area contributed by atoms with Crippen molar-refractivity contribution in [3.05, 3.63) is 29.3 Å². The summed E-state index contributed by atoms with van der Waals surface area (Å²) < 4.78 is 5.56. The number of ether oxygens (including phenoxy) is 1. The normalized spacial score (nSPS) is 17.9. The molecule has 4 heteroatoms. The first-order valence-corrected chi connectivity index (χ1v) is 5.16. The summed E-state index contributed by atoms with van der Waals surface area (Å²) in [6, 6.07) is 7.35. The Morgan fingerprint density at radius 1 is 1.62 bits per heavy atom. The molecule has 16 heavy (non-hydrogen) atoms. The van der Waals surface area contributed by atoms with Crippen LogP contribution < -0.4 is 10.1 Å². The van der Waals surface area contributed by atoms with Crippen LogP contribution in [0.25, 0.3) is 0 Å². The number of aryl methyl sites for hydroxylation is 1. The van der Waals surface area contributed by atoms with Gasteiger partial charge in [0, 0.05) is 7.05 Å². The molecule has 0 saturated carbocycles. The molecule has 1 aliphatic heterocycles. The van der Waals surface area contributed by atoms with E-state index in [4.69, 9.17) is 10.00 Å². The van der Waals surface area contributed by atoms with Crippen LogP contribution in [-0.4, -0.2) is 19.1 Å². The first-order valence-electron chi connectivity index (χ1n) is 5.16. The number of carbonyl (C=O) groups is 1. The van der Waals surface area contributed by atoms with Crippen LogP contribution in [0.4, 0.5) is 0 Å². The van der Waals surface area contributed by atoms with Crippen LogP contribution >= 0.6 is 0 Å². The fraction of sp³-hybridized carbons (Fsp3) is 0.333. The molecule has 1 heterocycles. The Kier molecular flexibility index (Phi) is 2.78. The highest BCUT2D eigenvalue weighted by atomic mass is 16.5. The average molecular weight is 216 g/mol. The van der Waals surface area contributed by atoms with E-state index >= 15 is 0 Å². The van der Waals surface area contributed by atoms with Gasteiger partial charge in [0.2, 0.25) is 0 Å². The third-order valence-electron chi connectivity index (χ3n) is 2.67. The Morgan fingerprint density at radius 2 is 2.44 bits per heavy atom. The summed E-state index contributed by atoms with van der Waals surface area (Å²) >= 11 is 0. The number of rotatable bonds is 1. The predicted molar refractivity (Wildman–Crippen MR) is 58.0 cm³/mol. The standard InChI is InChI=1S/C12H12N2O2/c1-14-12(15)11-5-3-9-6-8(7-13)2-4-10(9)16-11/h2,4,6,11H,3,5H2,1H3,(H,14,15). The van der Waals surface area contributed by atoms with Crippen LogP contribution in [0.5, 0.6) is 5.75 Å². The van der Waals surface area contributed by atoms with E-state index in [0.29, 0.717) is 17.7 Å². The Bertz CT molecular complexity index is 463. The van der Waals surface area contributed by atoms with Crippen LogP contribution in [0.15, 0.2) is 18.2 Å². The van der Waals surface area contributed by atoms with Crippen molar-refractivity contribution >= 4 is 5.91 Å². The number of carbonyl (C=O) groups excluding carboxylic acids is 1. The Morgan fingerprint density at radius 3 is 3.12 bits per heavy atom. The van der Waals surface area contributed by atoms with Gasteiger partial charge in [-0.1, -0.05) is 0 Å². The van der Waals surface area contributed by atoms with Crippen molar-refractivity contribution in [1.82, 2.24) is 5.32 Å². The van der Waals surface area contributed by atoms with E-state index in [9.17, 15) is 4.79 Å². The fourth-order valence-corrected chi connectivity index (χ4v) is 1.80. The third-order valence-corrected chi connectivity index (χ3v) is 2.67. The summed E-state index contributed by atoms with van der Waals surface area (Å²) in [6.45, 7) is 0. The molecule has 0 spiro atoms. The molecule has 1 unspecified atom stereocenters. The van der Waals surface area contributed by atoms with Gasteiger partial charge in [-0.05, 0) is 36.6 Å². The van der Waals surface area contributed by atoms with Crippen LogP contribution in [0.1, 0.15) is 17.5 Å². The zero-order valence-corrected chi connectivity index (χ0v) is 8.99. The molecule has 0 aliphatic carbocycles. The molecule has 0 saturated heterocycles. The summed E-state index contributed by atoms with van der Waals surface area (Å²) in [6.07, 6.45) is 1.01. The number of hydrogen-bond donors (Lipinski definition) is 1. The largest absolute Gasteiger partial charge is 0.480 e. The molecule has 1 atom stereocenters. The second-order valence-electron chi connectivity index (χ2n) is 3.69. The van der Waals surface area contributed by atoms with Crippen molar-refractivity contribution < 1.29 is 9.53 Å². The van der Waals surface area contributed by atoms with Crippen LogP contribution in [0, 0.1) is 11.3 Å². The van der Waals surface area contributed by atoms with Crippen molar-refractivity contribution in [3.63, 3.8) is 0 Å². The van der Waals surface area contributed by atoms with Crippen LogP contribution in [0.3, 0.4) is 0 Å². The summed E-state index contributed by atoms with van der Waals surface area (Å²) in [7, 11) is 1.60. The first-order chi connectivity index (χ1) is 7.74. The molecule has 1 N–H and O–H groups in total. The minimum atomic E-state index is -0.412. The number of nitrogens with zero attached hydrogens (tertiary/aromatic N) is 1. The maximum atomic E-state index is 11.4. The van der Waals surface area contributed by atoms with E-state index in [-0.39, 0.29) is 5.91 Å². The number of amides is 1. The molecule has 1 aromatic rings. The van der Waals surface area contributed by atoms with E-state index in [0.717, 1.165) is 12.0 Å². The summed E-state index contributed by atoms with van der Waals surface area (Å²) in [5.74, 6) is 0.605. The number of nitrogens with one attached hydrogen (secondary N) is 1. The molecule has 0 radical (unpaired) electrons. The van der Waals surface area contributed by atoms with Crippen molar-refractivity contribution in [2.75, 3.05) is 7.05 Å². The van der Waals surface area contributed by atoms with Gasteiger partial charge in [-0.25, -0.2) is 0 Å². The lowest BCUT2D eigenvalue weighted by atomic mass is 10.00. The number of hydrogen-bond acceptors (Lipinski definition) is 3. The second kappa shape index (κ2) is 4.23. The third kappa shape index (κ3) is 1.84. The predicted octanol–water partition coefficient (Wildman–Crippen LogP) is 0.998. The van der Waals surface area contributed by atoms with Crippen molar-refractivity contribution in [2.24, 2.45) is 0 Å². The van der Waals surface area contributed by atoms with Crippen LogP contribution in [0.2, 0.25) is 0 Å². The number of benzene rings is 1. The van der Waals surface area contributed by atoms with Crippen molar-refractivity contribution in [1.29, 1.82) is 5.26 Å². The lowest BCUT2D eigenvalue weighted by Gasteiger charge is -2.24. The smallest absolute Gasteiger partial charge is 0.260 e. The van der Waals surface area contributed by atoms with Gasteiger partial charge in [-0.3, -0.25) is 4.79 Å². The molecule has 82 valence electrons. The highest BCUT2D eigenvalue weighted by Gasteiger charge is 2.25. The molecule has 0 fully saturated rings. The number of likely N-dealkylation sites (N-methyl/N-ethyl adjacent to an activating group) is 1. The zero-order valence-electron chi connectivity index (χ0n) is 8.99. The maximum Gasteiger partial charge on any atom is 0.260 e. The summed E-state index contributed by atoms with van der Waals surface area (Å²) in [5.41, 5.74) is 1.62. The molecule has 0 aromatic heterocycles. The highest BCUT2D eigenvalue weighted by molar-refractivity contribution is 5.81. The monoisotopic (exact) mass is 216 g/mol. The van der Waals surface area contributed by atoms with E-state index in [2.05, 4.69) is 11.4 Å². The van der Waals surface area contributed by atoms with Gasteiger partial charge in [0.15, 0.2) is 6.10 Å². The quantitative estimate of drug-likeness (QED) is 0.761. The van der Waals surface area contributed by atoms with E-state index < -0.39 is 6.10 Å². The van der Waals surface area contributed by atoms with Gasteiger partial charge in [0.25, 0.3) is 5.91 Å². The maximum absolute atomic E-state index is 11.4. The minimum absolute atomic E-state index is 0.102. The van der Waals surface area contributed by atoms with Gasteiger partial charge in [0.05, 0.1) is 11.6 Å². The summed E-state index contributed by atoms with van der Waals surface area (Å²) in [4.78, 5) is 11.4. The molecule has 0 bridgehead atoms. The molecular formula is C12H12N2O2. The van der Waals surface area contributed by atoms with Gasteiger partial charge in [-0.2, -0.15) is 5.26 Å². The molecule has 2 rings (SSSR count). The second-order valence-corrected chi connectivity index (χ2v) is 3.69. The first kappa shape index (κ1) is 10.5. The number of fused-ring (bicyclic) bond motifs is 1. The highest BCUT2D eigenvalue weighted by Crippen LogP contribution is 2.28. The van der Waals surface area contributed by atoms with Gasteiger partial charge in [0.1, 0.15) is 5.75 Å². The Balaban J connectivity index is 2.23. The zero-order chi connectivity index (χ0) is 11.5. The SMILES string of the molecule is CNC(=O)C1CCc2cc(C#N)ccc2O1. The molecule has 1 aromatic carbocycles. The van der Waals surface area contributed by atoms with E-state index in [1.54, 1.807) is 19.2 Å². The molecule has 1 aliphatic rings. The Hall–Kier alpha value is -2.02. The lowest BCUT2D eigenvalue weighted by Crippen LogP contribution is -2.38.